The van der Waals surface area contributed by atoms with Crippen LogP contribution in [-0.2, 0) is 49.3 Å². The van der Waals surface area contributed by atoms with Gasteiger partial charge in [-0.2, -0.15) is 0 Å². The monoisotopic (exact) mass is 900 g/mol. The van der Waals surface area contributed by atoms with Gasteiger partial charge >= 0.3 is 18.0 Å². The third kappa shape index (κ3) is 11.0. The zero-order valence-corrected chi connectivity index (χ0v) is 37.7. The number of nitrogens with zero attached hydrogens (tertiary/aromatic N) is 3. The number of anilines is 1. The standard InChI is InChI=1S/C45H61ClN4O13/c1-26-9-7-10-34(60-6)45(58)25-33(61-43(57)47-45)27(2)40-44(3,63-40)35(24-38(53)48(4)31-22-28(21-26)23-32(59-5)39(31)46)62-42(56)30-15-19-50(20-16-30)37(52)12-8-11-36(51)49-17-13-29(14-18-49)41(54)55/h7,9-10,22-23,27,29-30,33-35,40,58H,8,11-21,24-25H2,1-6H3,(H,47,57)(H,54,55)/b10-7+,26-9+/t27-,33+,34-,35+,40?,44+,45+/m1/s1. The number of allylic oxidation sites excluding steroid dienone is 3. The van der Waals surface area contributed by atoms with E-state index in [4.69, 9.17) is 35.3 Å². The molecule has 5 aliphatic rings. The van der Waals surface area contributed by atoms with Gasteiger partial charge in [0.15, 0.2) is 5.72 Å². The second kappa shape index (κ2) is 20.0. The number of benzene rings is 1. The minimum Gasteiger partial charge on any atom is -0.495 e. The first-order valence-electron chi connectivity index (χ1n) is 21.7. The lowest BCUT2D eigenvalue weighted by atomic mass is 9.83. The summed E-state index contributed by atoms with van der Waals surface area (Å²) in [5.41, 5.74) is -0.923. The highest BCUT2D eigenvalue weighted by molar-refractivity contribution is 6.35. The van der Waals surface area contributed by atoms with E-state index in [1.807, 2.05) is 19.9 Å². The summed E-state index contributed by atoms with van der Waals surface area (Å²) in [6, 6.07) is 3.59. The van der Waals surface area contributed by atoms with Crippen LogP contribution in [0.3, 0.4) is 0 Å². The SMILES string of the molecule is COc1cc2cc(c1Cl)N(C)C(=O)C[C@H](OC(=O)C1CCN(C(=O)CCCC(=O)N3CCC(C(=O)O)CC3)CC1)[C@]1(C)OC1[C@H](C)[C@@H]1C[C@@](O)(NC(=O)O1)[C@H](OC)/C=C/C=C(\C)C2. The summed E-state index contributed by atoms with van der Waals surface area (Å²) in [6.07, 6.45) is 3.18. The fraction of sp³-hybridized carbons (Fsp3) is 0.644. The van der Waals surface area contributed by atoms with Crippen molar-refractivity contribution in [2.75, 3.05) is 52.3 Å². The Morgan fingerprint density at radius 2 is 1.60 bits per heavy atom. The number of rotatable bonds is 9. The fourth-order valence-corrected chi connectivity index (χ4v) is 9.60. The molecule has 0 aromatic heterocycles. The Labute approximate surface area is 373 Å². The van der Waals surface area contributed by atoms with Crippen molar-refractivity contribution in [3.63, 3.8) is 0 Å². The highest BCUT2D eigenvalue weighted by Crippen LogP contribution is 2.49. The van der Waals surface area contributed by atoms with Crippen molar-refractivity contribution in [3.8, 4) is 5.75 Å². The van der Waals surface area contributed by atoms with E-state index in [0.717, 1.165) is 11.1 Å². The van der Waals surface area contributed by atoms with Crippen LogP contribution < -0.4 is 15.0 Å². The quantitative estimate of drug-likeness (QED) is 0.232. The number of nitrogens with one attached hydrogen (secondary N) is 1. The summed E-state index contributed by atoms with van der Waals surface area (Å²) < 4.78 is 29.5. The highest BCUT2D eigenvalue weighted by atomic mass is 35.5. The maximum absolute atomic E-state index is 14.3. The first-order valence-corrected chi connectivity index (χ1v) is 22.1. The number of hydrogen-bond acceptors (Lipinski definition) is 12. The molecule has 63 heavy (non-hydrogen) atoms. The number of fused-ring (bicyclic) bond motifs is 5. The molecule has 6 rings (SSSR count). The van der Waals surface area contributed by atoms with Gasteiger partial charge in [-0.1, -0.05) is 42.3 Å². The van der Waals surface area contributed by atoms with E-state index in [-0.39, 0.29) is 42.5 Å². The summed E-state index contributed by atoms with van der Waals surface area (Å²) in [4.78, 5) is 83.1. The van der Waals surface area contributed by atoms with Crippen LogP contribution in [0.25, 0.3) is 0 Å². The van der Waals surface area contributed by atoms with Crippen molar-refractivity contribution in [2.45, 2.75) is 121 Å². The second-order valence-electron chi connectivity index (χ2n) is 17.7. The summed E-state index contributed by atoms with van der Waals surface area (Å²) in [5.74, 6) is -3.18. The Morgan fingerprint density at radius 3 is 2.19 bits per heavy atom. The zero-order chi connectivity index (χ0) is 45.8. The topological polar surface area (TPSA) is 214 Å². The number of methoxy groups -OCH3 is 2. The Balaban J connectivity index is 1.16. The van der Waals surface area contributed by atoms with Gasteiger partial charge in [0.25, 0.3) is 0 Å². The molecule has 3 N–H and O–H groups in total. The zero-order valence-electron chi connectivity index (χ0n) is 36.9. The van der Waals surface area contributed by atoms with Gasteiger partial charge in [0, 0.05) is 65.5 Å². The largest absolute Gasteiger partial charge is 0.495 e. The average molecular weight is 901 g/mol. The number of piperidine rings is 2. The molecule has 0 saturated carbocycles. The summed E-state index contributed by atoms with van der Waals surface area (Å²) in [6.45, 7) is 6.87. The molecule has 4 amide bonds. The normalized spacial score (nSPS) is 31.1. The van der Waals surface area contributed by atoms with Crippen LogP contribution in [0.15, 0.2) is 35.9 Å². The third-order valence-corrected chi connectivity index (χ3v) is 13.7. The van der Waals surface area contributed by atoms with E-state index in [1.54, 1.807) is 48.1 Å². The van der Waals surface area contributed by atoms with Gasteiger partial charge in [-0.25, -0.2) is 4.79 Å². The van der Waals surface area contributed by atoms with Crippen LogP contribution in [-0.4, -0.2) is 139 Å². The molecule has 17 nitrogen and oxygen atoms in total. The minimum absolute atomic E-state index is 0.0569. The molecule has 18 heteroatoms. The Hall–Kier alpha value is -4.71. The number of carboxylic acids is 1. The Kier molecular flexibility index (Phi) is 15.2. The smallest absolute Gasteiger partial charge is 0.409 e. The number of aliphatic carboxylic acids is 1. The van der Waals surface area contributed by atoms with E-state index >= 15 is 0 Å². The number of hydrogen-bond donors (Lipinski definition) is 3. The molecule has 0 aliphatic carbocycles. The Bertz CT molecular complexity index is 1980. The molecule has 4 fully saturated rings. The third-order valence-electron chi connectivity index (χ3n) is 13.4. The molecule has 4 saturated heterocycles. The number of amides is 4. The Morgan fingerprint density at radius 1 is 0.984 bits per heavy atom. The first-order chi connectivity index (χ1) is 29.9. The summed E-state index contributed by atoms with van der Waals surface area (Å²) in [7, 11) is 4.50. The molecule has 4 bridgehead atoms. The van der Waals surface area contributed by atoms with Crippen molar-refractivity contribution >= 4 is 53.0 Å². The average Bonchev–Trinajstić information content (AvgIpc) is 3.96. The minimum atomic E-state index is -1.84. The van der Waals surface area contributed by atoms with Crippen LogP contribution in [0.2, 0.25) is 5.02 Å². The molecule has 5 aliphatic heterocycles. The second-order valence-corrected chi connectivity index (χ2v) is 18.1. The maximum Gasteiger partial charge on any atom is 0.409 e. The summed E-state index contributed by atoms with van der Waals surface area (Å²) in [5, 5.41) is 23.8. The lowest BCUT2D eigenvalue weighted by Crippen LogP contribution is -2.63. The molecule has 346 valence electrons. The molecule has 5 heterocycles. The molecule has 1 aromatic carbocycles. The predicted octanol–water partition coefficient (Wildman–Crippen LogP) is 4.40. The first kappa shape index (κ1) is 47.8. The maximum atomic E-state index is 14.3. The molecule has 1 aromatic rings. The van der Waals surface area contributed by atoms with Crippen LogP contribution in [0.1, 0.15) is 84.1 Å². The van der Waals surface area contributed by atoms with Gasteiger partial charge in [0.2, 0.25) is 17.7 Å². The molecule has 7 atom stereocenters. The van der Waals surface area contributed by atoms with Crippen LogP contribution in [0.4, 0.5) is 10.5 Å². The number of esters is 1. The van der Waals surface area contributed by atoms with Gasteiger partial charge in [-0.05, 0) is 70.1 Å². The van der Waals surface area contributed by atoms with Gasteiger partial charge in [0.05, 0.1) is 37.2 Å². The van der Waals surface area contributed by atoms with E-state index in [1.165, 1.54) is 19.1 Å². The summed E-state index contributed by atoms with van der Waals surface area (Å²) >= 11 is 6.80. The van der Waals surface area contributed by atoms with Gasteiger partial charge in [-0.3, -0.25) is 29.3 Å². The molecule has 0 spiro atoms. The van der Waals surface area contributed by atoms with Crippen molar-refractivity contribution in [1.29, 1.82) is 0 Å². The fourth-order valence-electron chi connectivity index (χ4n) is 9.29. The van der Waals surface area contributed by atoms with E-state index < -0.39 is 77.4 Å². The number of alkyl carbamates (subject to hydrolysis) is 1. The number of ether oxygens (including phenoxy) is 5. The molecular formula is C45H61ClN4O13. The number of carbonyl (C=O) groups excluding carboxylic acids is 5. The number of likely N-dealkylation sites (tertiary alicyclic amines) is 2. The molecule has 0 radical (unpaired) electrons. The number of halogens is 1. The van der Waals surface area contributed by atoms with Gasteiger partial charge in [0.1, 0.15) is 34.7 Å². The van der Waals surface area contributed by atoms with E-state index in [0.29, 0.717) is 76.1 Å². The van der Waals surface area contributed by atoms with Crippen LogP contribution in [0, 0.1) is 17.8 Å². The van der Waals surface area contributed by atoms with Crippen molar-refractivity contribution in [2.24, 2.45) is 17.8 Å². The number of carboxylic acid groups (broad SMARTS) is 1. The van der Waals surface area contributed by atoms with Crippen molar-refractivity contribution < 1.29 is 62.7 Å². The molecular weight excluding hydrogens is 840 g/mol. The van der Waals surface area contributed by atoms with Crippen LogP contribution in [0.5, 0.6) is 5.75 Å². The number of epoxide rings is 1. The van der Waals surface area contributed by atoms with Gasteiger partial charge < -0.3 is 48.6 Å². The van der Waals surface area contributed by atoms with Crippen LogP contribution >= 0.6 is 11.6 Å². The van der Waals surface area contributed by atoms with Crippen molar-refractivity contribution in [1.82, 2.24) is 15.1 Å². The number of carbonyl (C=O) groups is 6. The lowest BCUT2D eigenvalue weighted by molar-refractivity contribution is -0.161. The van der Waals surface area contributed by atoms with E-state index in [9.17, 15) is 39.0 Å². The predicted molar refractivity (Wildman–Crippen MR) is 229 cm³/mol. The van der Waals surface area contributed by atoms with Crippen molar-refractivity contribution in [3.05, 3.63) is 46.5 Å². The highest BCUT2D eigenvalue weighted by Gasteiger charge is 2.64. The van der Waals surface area contributed by atoms with E-state index in [2.05, 4.69) is 5.32 Å². The van der Waals surface area contributed by atoms with Gasteiger partial charge in [-0.15, -0.1) is 0 Å². The number of aliphatic hydroxyl groups is 1. The molecule has 1 unspecified atom stereocenters. The lowest BCUT2D eigenvalue weighted by Gasteiger charge is -2.42.